The van der Waals surface area contributed by atoms with E-state index in [2.05, 4.69) is 24.8 Å². The van der Waals surface area contributed by atoms with E-state index in [0.717, 1.165) is 41.5 Å². The zero-order chi connectivity index (χ0) is 24.8. The van der Waals surface area contributed by atoms with Gasteiger partial charge in [0.1, 0.15) is 11.3 Å². The molecule has 0 spiro atoms. The fraction of sp³-hybridized carbons (Fsp3) is 0.379. The van der Waals surface area contributed by atoms with Gasteiger partial charge in [-0.2, -0.15) is 0 Å². The summed E-state index contributed by atoms with van der Waals surface area (Å²) in [6, 6.07) is 11.3. The number of rotatable bonds is 10. The van der Waals surface area contributed by atoms with Crippen LogP contribution >= 0.6 is 0 Å². The largest absolute Gasteiger partial charge is 0.493 e. The van der Waals surface area contributed by atoms with Crippen molar-refractivity contribution in [2.24, 2.45) is 0 Å². The van der Waals surface area contributed by atoms with Gasteiger partial charge in [-0.1, -0.05) is 23.8 Å². The Morgan fingerprint density at radius 2 is 1.82 bits per heavy atom. The van der Waals surface area contributed by atoms with E-state index in [1.165, 1.54) is 5.57 Å². The first kappa shape index (κ1) is 25.4. The number of nitrogens with zero attached hydrogens (tertiary/aromatic N) is 1. The lowest BCUT2D eigenvalue weighted by Gasteiger charge is -2.13. The summed E-state index contributed by atoms with van der Waals surface area (Å²) in [4.78, 5) is 27.8. The molecule has 1 heterocycles. The molecule has 0 N–H and O–H groups in total. The molecular weight excluding hydrogens is 426 g/mol. The van der Waals surface area contributed by atoms with E-state index in [1.54, 1.807) is 6.07 Å². The highest BCUT2D eigenvalue weighted by molar-refractivity contribution is 5.98. The molecule has 0 radical (unpaired) electrons. The third kappa shape index (κ3) is 6.45. The molecule has 0 atom stereocenters. The van der Waals surface area contributed by atoms with E-state index < -0.39 is 5.63 Å². The van der Waals surface area contributed by atoms with Crippen molar-refractivity contribution < 1.29 is 13.9 Å². The molecule has 0 saturated heterocycles. The van der Waals surface area contributed by atoms with Gasteiger partial charge in [0.05, 0.1) is 6.61 Å². The Morgan fingerprint density at radius 3 is 2.53 bits per heavy atom. The van der Waals surface area contributed by atoms with Crippen molar-refractivity contribution >= 4 is 16.8 Å². The molecule has 0 aliphatic heterocycles. The molecule has 0 fully saturated rings. The smallest absolute Gasteiger partial charge is 0.339 e. The van der Waals surface area contributed by atoms with Gasteiger partial charge in [0.25, 0.3) is 0 Å². The maximum atomic E-state index is 13.0. The van der Waals surface area contributed by atoms with E-state index in [-0.39, 0.29) is 12.2 Å². The molecule has 5 heteroatoms. The summed E-state index contributed by atoms with van der Waals surface area (Å²) < 4.78 is 11.5. The predicted octanol–water partition coefficient (Wildman–Crippen LogP) is 5.67. The van der Waals surface area contributed by atoms with Crippen molar-refractivity contribution in [3.63, 3.8) is 0 Å². The van der Waals surface area contributed by atoms with Crippen LogP contribution in [0.4, 0.5) is 0 Å². The quantitative estimate of drug-likeness (QED) is 0.168. The van der Waals surface area contributed by atoms with E-state index >= 15 is 0 Å². The number of carbonyl (C=O) groups is 1. The number of Topliss-reactive ketones (excluding diaryl/α,β-unsaturated/α-hetero) is 1. The van der Waals surface area contributed by atoms with E-state index in [9.17, 15) is 9.59 Å². The standard InChI is InChI=1S/C29H35NO4/c1-19(2)8-10-22-16-23(11-9-20(22)3)26(31)18-25-17-24-12-13-27(33-15-7-14-30(5)6)21(4)28(24)34-29(25)32/h8-9,11-13,16-17H,7,10,14-15,18H2,1-6H3. The lowest BCUT2D eigenvalue weighted by atomic mass is 9.97. The first-order valence-corrected chi connectivity index (χ1v) is 11.8. The van der Waals surface area contributed by atoms with Crippen LogP contribution in [0.5, 0.6) is 5.75 Å². The SMILES string of the molecule is CC(C)=CCc1cc(C(=O)Cc2cc3ccc(OCCCN(C)C)c(C)c3oc2=O)ccc1C. The van der Waals surface area contributed by atoms with Crippen molar-refractivity contribution in [2.75, 3.05) is 27.2 Å². The second-order valence-electron chi connectivity index (χ2n) is 9.40. The van der Waals surface area contributed by atoms with E-state index in [0.29, 0.717) is 29.1 Å². The van der Waals surface area contributed by atoms with Crippen molar-refractivity contribution in [2.45, 2.75) is 47.0 Å². The first-order chi connectivity index (χ1) is 16.2. The summed E-state index contributed by atoms with van der Waals surface area (Å²) in [6.45, 7) is 9.58. The van der Waals surface area contributed by atoms with Crippen LogP contribution in [0.1, 0.15) is 52.9 Å². The fourth-order valence-corrected chi connectivity index (χ4v) is 3.84. The number of benzene rings is 2. The van der Waals surface area contributed by atoms with Gasteiger partial charge in [-0.05, 0) is 90.0 Å². The van der Waals surface area contributed by atoms with E-state index in [1.807, 2.05) is 58.3 Å². The highest BCUT2D eigenvalue weighted by Gasteiger charge is 2.15. The van der Waals surface area contributed by atoms with Crippen LogP contribution in [0.2, 0.25) is 0 Å². The van der Waals surface area contributed by atoms with Crippen LogP contribution in [-0.4, -0.2) is 37.9 Å². The van der Waals surface area contributed by atoms with Crippen LogP contribution in [0.3, 0.4) is 0 Å². The summed E-state index contributed by atoms with van der Waals surface area (Å²) in [5.74, 6) is 0.615. The van der Waals surface area contributed by atoms with Gasteiger partial charge in [-0.15, -0.1) is 0 Å². The molecule has 180 valence electrons. The average molecular weight is 462 g/mol. The number of allylic oxidation sites excluding steroid dienone is 2. The Kier molecular flexibility index (Phi) is 8.46. The molecule has 5 nitrogen and oxygen atoms in total. The van der Waals surface area contributed by atoms with Gasteiger partial charge in [0.2, 0.25) is 0 Å². The van der Waals surface area contributed by atoms with Gasteiger partial charge in [0, 0.05) is 35.0 Å². The molecular formula is C29H35NO4. The molecule has 34 heavy (non-hydrogen) atoms. The number of ketones is 1. The molecule has 0 bridgehead atoms. The Labute approximate surface area is 202 Å². The number of fused-ring (bicyclic) bond motifs is 1. The number of aryl methyl sites for hydroxylation is 2. The minimum atomic E-state index is -0.481. The lowest BCUT2D eigenvalue weighted by molar-refractivity contribution is 0.0992. The maximum Gasteiger partial charge on any atom is 0.339 e. The zero-order valence-electron chi connectivity index (χ0n) is 21.2. The molecule has 1 aromatic heterocycles. The monoisotopic (exact) mass is 461 g/mol. The first-order valence-electron chi connectivity index (χ1n) is 11.8. The van der Waals surface area contributed by atoms with Crippen molar-refractivity contribution in [3.05, 3.63) is 86.3 Å². The predicted molar refractivity (Wildman–Crippen MR) is 138 cm³/mol. The number of hydrogen-bond donors (Lipinski definition) is 0. The normalized spacial score (nSPS) is 11.1. The van der Waals surface area contributed by atoms with Crippen molar-refractivity contribution in [1.29, 1.82) is 0 Å². The van der Waals surface area contributed by atoms with Crippen LogP contribution in [0.15, 0.2) is 57.3 Å². The third-order valence-electron chi connectivity index (χ3n) is 5.93. The minimum absolute atomic E-state index is 0.00521. The minimum Gasteiger partial charge on any atom is -0.493 e. The summed E-state index contributed by atoms with van der Waals surface area (Å²) in [5, 5.41) is 0.786. The molecule has 0 saturated carbocycles. The summed E-state index contributed by atoms with van der Waals surface area (Å²) in [6.07, 6.45) is 3.85. The number of hydrogen-bond acceptors (Lipinski definition) is 5. The maximum absolute atomic E-state index is 13.0. The molecule has 0 amide bonds. The van der Waals surface area contributed by atoms with Gasteiger partial charge in [-0.25, -0.2) is 4.79 Å². The van der Waals surface area contributed by atoms with Gasteiger partial charge >= 0.3 is 5.63 Å². The Morgan fingerprint density at radius 1 is 1.06 bits per heavy atom. The van der Waals surface area contributed by atoms with Crippen molar-refractivity contribution in [1.82, 2.24) is 4.90 Å². The average Bonchev–Trinajstić information content (AvgIpc) is 2.78. The second-order valence-corrected chi connectivity index (χ2v) is 9.40. The molecule has 2 aromatic carbocycles. The van der Waals surface area contributed by atoms with E-state index in [4.69, 9.17) is 9.15 Å². The Balaban J connectivity index is 1.80. The highest BCUT2D eigenvalue weighted by Crippen LogP contribution is 2.27. The summed E-state index contributed by atoms with van der Waals surface area (Å²) in [5.41, 5.74) is 5.29. The highest BCUT2D eigenvalue weighted by atomic mass is 16.5. The number of ether oxygens (including phenoxy) is 1. The van der Waals surface area contributed by atoms with Crippen LogP contribution in [0.25, 0.3) is 11.0 Å². The van der Waals surface area contributed by atoms with Crippen molar-refractivity contribution in [3.8, 4) is 5.75 Å². The third-order valence-corrected chi connectivity index (χ3v) is 5.93. The molecule has 0 unspecified atom stereocenters. The number of carbonyl (C=O) groups excluding carboxylic acids is 1. The van der Waals surface area contributed by atoms with Crippen LogP contribution < -0.4 is 10.4 Å². The molecule has 0 aliphatic rings. The fourth-order valence-electron chi connectivity index (χ4n) is 3.84. The summed E-state index contributed by atoms with van der Waals surface area (Å²) in [7, 11) is 4.06. The summed E-state index contributed by atoms with van der Waals surface area (Å²) >= 11 is 0. The molecule has 0 aliphatic carbocycles. The van der Waals surface area contributed by atoms with Crippen LogP contribution in [0, 0.1) is 13.8 Å². The molecule has 3 rings (SSSR count). The lowest BCUT2D eigenvalue weighted by Crippen LogP contribution is -2.16. The van der Waals surface area contributed by atoms with Gasteiger partial charge in [-0.3, -0.25) is 4.79 Å². The topological polar surface area (TPSA) is 59.8 Å². The molecule has 3 aromatic rings. The Hall–Kier alpha value is -3.18. The van der Waals surface area contributed by atoms with Gasteiger partial charge < -0.3 is 14.1 Å². The van der Waals surface area contributed by atoms with Gasteiger partial charge in [0.15, 0.2) is 5.78 Å². The van der Waals surface area contributed by atoms with Crippen LogP contribution in [-0.2, 0) is 12.8 Å². The zero-order valence-corrected chi connectivity index (χ0v) is 21.2. The Bertz CT molecular complexity index is 1260. The second kappa shape index (κ2) is 11.3.